The summed E-state index contributed by atoms with van der Waals surface area (Å²) >= 11 is 1.53. The van der Waals surface area contributed by atoms with Crippen molar-refractivity contribution in [1.29, 1.82) is 0 Å². The number of ether oxygens (including phenoxy) is 1. The fraction of sp³-hybridized carbons (Fsp3) is 0.278. The molecule has 0 atom stereocenters. The number of hydrogen-bond donors (Lipinski definition) is 1. The molecule has 0 aliphatic carbocycles. The first kappa shape index (κ1) is 16.4. The third-order valence-electron chi connectivity index (χ3n) is 3.67. The SMILES string of the molecule is CCCCc1nc(NC(=O)c2cccc(OC)c2)c2sccc2n1. The van der Waals surface area contributed by atoms with Crippen molar-refractivity contribution in [2.45, 2.75) is 26.2 Å². The molecule has 0 aliphatic heterocycles. The summed E-state index contributed by atoms with van der Waals surface area (Å²) in [6.07, 6.45) is 2.92. The normalized spacial score (nSPS) is 10.8. The van der Waals surface area contributed by atoms with E-state index in [-0.39, 0.29) is 5.91 Å². The number of fused-ring (bicyclic) bond motifs is 1. The van der Waals surface area contributed by atoms with Crippen LogP contribution >= 0.6 is 11.3 Å². The lowest BCUT2D eigenvalue weighted by Gasteiger charge is -2.08. The number of methoxy groups -OCH3 is 1. The summed E-state index contributed by atoms with van der Waals surface area (Å²) in [5.41, 5.74) is 1.41. The molecule has 124 valence electrons. The van der Waals surface area contributed by atoms with Crippen LogP contribution in [0, 0.1) is 0 Å². The zero-order valence-corrected chi connectivity index (χ0v) is 14.5. The van der Waals surface area contributed by atoms with Gasteiger partial charge in [-0.2, -0.15) is 0 Å². The van der Waals surface area contributed by atoms with Crippen molar-refractivity contribution in [3.8, 4) is 5.75 Å². The van der Waals surface area contributed by atoms with Crippen LogP contribution in [0.4, 0.5) is 5.82 Å². The second-order valence-electron chi connectivity index (χ2n) is 5.41. The van der Waals surface area contributed by atoms with Crippen molar-refractivity contribution in [3.05, 3.63) is 47.1 Å². The Morgan fingerprint density at radius 3 is 2.96 bits per heavy atom. The number of aryl methyl sites for hydroxylation is 1. The Morgan fingerprint density at radius 2 is 2.17 bits per heavy atom. The molecule has 1 amide bonds. The number of carbonyl (C=O) groups is 1. The maximum Gasteiger partial charge on any atom is 0.256 e. The molecule has 2 aromatic heterocycles. The molecular formula is C18H19N3O2S. The highest BCUT2D eigenvalue weighted by Crippen LogP contribution is 2.27. The summed E-state index contributed by atoms with van der Waals surface area (Å²) in [5, 5.41) is 4.88. The minimum Gasteiger partial charge on any atom is -0.497 e. The Bertz CT molecular complexity index is 860. The first-order valence-electron chi connectivity index (χ1n) is 7.90. The monoisotopic (exact) mass is 341 g/mol. The summed E-state index contributed by atoms with van der Waals surface area (Å²) in [7, 11) is 1.58. The Kier molecular flexibility index (Phi) is 5.05. The Morgan fingerprint density at radius 1 is 1.29 bits per heavy atom. The average Bonchev–Trinajstić information content (AvgIpc) is 3.08. The van der Waals surface area contributed by atoms with Crippen LogP contribution in [0.1, 0.15) is 35.9 Å². The molecule has 24 heavy (non-hydrogen) atoms. The molecule has 3 aromatic rings. The Labute approximate surface area is 144 Å². The van der Waals surface area contributed by atoms with E-state index in [1.165, 1.54) is 11.3 Å². The van der Waals surface area contributed by atoms with Gasteiger partial charge in [0.25, 0.3) is 5.91 Å². The van der Waals surface area contributed by atoms with Crippen LogP contribution in [0.15, 0.2) is 35.7 Å². The second kappa shape index (κ2) is 7.40. The predicted molar refractivity (Wildman–Crippen MR) is 97.0 cm³/mol. The number of carbonyl (C=O) groups excluding carboxylic acids is 1. The number of unbranched alkanes of at least 4 members (excludes halogenated alkanes) is 1. The smallest absolute Gasteiger partial charge is 0.256 e. The molecule has 5 nitrogen and oxygen atoms in total. The van der Waals surface area contributed by atoms with E-state index < -0.39 is 0 Å². The molecule has 3 rings (SSSR count). The van der Waals surface area contributed by atoms with Crippen molar-refractivity contribution in [3.63, 3.8) is 0 Å². The lowest BCUT2D eigenvalue weighted by atomic mass is 10.2. The van der Waals surface area contributed by atoms with Gasteiger partial charge in [0.2, 0.25) is 0 Å². The fourth-order valence-electron chi connectivity index (χ4n) is 2.39. The zero-order chi connectivity index (χ0) is 16.9. The molecule has 6 heteroatoms. The fourth-order valence-corrected chi connectivity index (χ4v) is 3.16. The molecular weight excluding hydrogens is 322 g/mol. The molecule has 1 N–H and O–H groups in total. The van der Waals surface area contributed by atoms with E-state index in [9.17, 15) is 4.79 Å². The molecule has 1 aromatic carbocycles. The number of rotatable bonds is 6. The molecule has 2 heterocycles. The van der Waals surface area contributed by atoms with Crippen molar-refractivity contribution in [1.82, 2.24) is 9.97 Å². The van der Waals surface area contributed by atoms with Gasteiger partial charge in [-0.1, -0.05) is 19.4 Å². The van der Waals surface area contributed by atoms with E-state index in [0.29, 0.717) is 17.1 Å². The lowest BCUT2D eigenvalue weighted by Crippen LogP contribution is -2.14. The summed E-state index contributed by atoms with van der Waals surface area (Å²) in [5.74, 6) is 1.79. The molecule has 0 fully saturated rings. The van der Waals surface area contributed by atoms with Crippen LogP contribution in [-0.4, -0.2) is 23.0 Å². The van der Waals surface area contributed by atoms with Crippen molar-refractivity contribution < 1.29 is 9.53 Å². The number of nitrogens with zero attached hydrogens (tertiary/aromatic N) is 2. The lowest BCUT2D eigenvalue weighted by molar-refractivity contribution is 0.102. The van der Waals surface area contributed by atoms with Crippen molar-refractivity contribution in [2.75, 3.05) is 12.4 Å². The third-order valence-corrected chi connectivity index (χ3v) is 4.58. The van der Waals surface area contributed by atoms with Gasteiger partial charge in [-0.25, -0.2) is 9.97 Å². The summed E-state index contributed by atoms with van der Waals surface area (Å²) in [6.45, 7) is 2.13. The maximum atomic E-state index is 12.6. The Hall–Kier alpha value is -2.47. The largest absolute Gasteiger partial charge is 0.497 e. The van der Waals surface area contributed by atoms with Gasteiger partial charge in [0.1, 0.15) is 11.6 Å². The first-order chi connectivity index (χ1) is 11.7. The molecule has 0 spiro atoms. The zero-order valence-electron chi connectivity index (χ0n) is 13.7. The van der Waals surface area contributed by atoms with Crippen LogP contribution in [0.3, 0.4) is 0 Å². The summed E-state index contributed by atoms with van der Waals surface area (Å²) in [4.78, 5) is 21.7. The van der Waals surface area contributed by atoms with Gasteiger partial charge in [0.15, 0.2) is 5.82 Å². The van der Waals surface area contributed by atoms with Gasteiger partial charge >= 0.3 is 0 Å². The molecule has 0 unspecified atom stereocenters. The highest BCUT2D eigenvalue weighted by atomic mass is 32.1. The molecule has 0 aliphatic rings. The van der Waals surface area contributed by atoms with E-state index >= 15 is 0 Å². The molecule has 0 saturated carbocycles. The number of nitrogens with one attached hydrogen (secondary N) is 1. The second-order valence-corrected chi connectivity index (χ2v) is 6.33. The topological polar surface area (TPSA) is 64.1 Å². The van der Waals surface area contributed by atoms with Crippen LogP contribution in [-0.2, 0) is 6.42 Å². The number of thiophene rings is 1. The average molecular weight is 341 g/mol. The van der Waals surface area contributed by atoms with Crippen LogP contribution in [0.5, 0.6) is 5.75 Å². The standard InChI is InChI=1S/C18H19N3O2S/c1-3-4-8-15-19-14-9-10-24-16(14)17(20-15)21-18(22)12-6-5-7-13(11-12)23-2/h5-7,9-11H,3-4,8H2,1-2H3,(H,19,20,21,22). The van der Waals surface area contributed by atoms with Gasteiger partial charge in [-0.3, -0.25) is 4.79 Å². The van der Waals surface area contributed by atoms with Gasteiger partial charge < -0.3 is 10.1 Å². The minimum atomic E-state index is -0.205. The highest BCUT2D eigenvalue weighted by molar-refractivity contribution is 7.17. The minimum absolute atomic E-state index is 0.205. The first-order valence-corrected chi connectivity index (χ1v) is 8.78. The van der Waals surface area contributed by atoms with Crippen LogP contribution in [0.2, 0.25) is 0 Å². The number of anilines is 1. The summed E-state index contributed by atoms with van der Waals surface area (Å²) in [6, 6.07) is 9.02. The van der Waals surface area contributed by atoms with E-state index in [2.05, 4.69) is 22.2 Å². The van der Waals surface area contributed by atoms with Crippen LogP contribution < -0.4 is 10.1 Å². The maximum absolute atomic E-state index is 12.6. The van der Waals surface area contributed by atoms with E-state index in [1.807, 2.05) is 17.5 Å². The summed E-state index contributed by atoms with van der Waals surface area (Å²) < 4.78 is 6.07. The molecule has 0 bridgehead atoms. The molecule has 0 radical (unpaired) electrons. The van der Waals surface area contributed by atoms with Crippen molar-refractivity contribution >= 4 is 33.3 Å². The third kappa shape index (κ3) is 3.54. The van der Waals surface area contributed by atoms with Crippen molar-refractivity contribution in [2.24, 2.45) is 0 Å². The number of hydrogen-bond acceptors (Lipinski definition) is 5. The van der Waals surface area contributed by atoms with E-state index in [1.54, 1.807) is 25.3 Å². The number of aromatic nitrogens is 2. The van der Waals surface area contributed by atoms with E-state index in [0.717, 1.165) is 35.3 Å². The predicted octanol–water partition coefficient (Wildman–Crippen LogP) is 4.29. The quantitative estimate of drug-likeness (QED) is 0.726. The van der Waals surface area contributed by atoms with Gasteiger partial charge in [0.05, 0.1) is 17.3 Å². The number of amides is 1. The van der Waals surface area contributed by atoms with E-state index in [4.69, 9.17) is 4.74 Å². The van der Waals surface area contributed by atoms with Gasteiger partial charge in [-0.05, 0) is 36.1 Å². The number of benzene rings is 1. The highest BCUT2D eigenvalue weighted by Gasteiger charge is 2.13. The van der Waals surface area contributed by atoms with Gasteiger partial charge in [0, 0.05) is 12.0 Å². The Balaban J connectivity index is 1.90. The van der Waals surface area contributed by atoms with Crippen LogP contribution in [0.25, 0.3) is 10.2 Å². The molecule has 0 saturated heterocycles. The van der Waals surface area contributed by atoms with Gasteiger partial charge in [-0.15, -0.1) is 11.3 Å².